The third-order valence-electron chi connectivity index (χ3n) is 3.74. The van der Waals surface area contributed by atoms with Crippen molar-refractivity contribution in [3.05, 3.63) is 60.2 Å². The fraction of sp³-hybridized carbons (Fsp3) is 0.263. The predicted molar refractivity (Wildman–Crippen MR) is 97.3 cm³/mol. The Morgan fingerprint density at radius 2 is 1.50 bits per heavy atom. The Hall–Kier alpha value is -2.66. The van der Waals surface area contributed by atoms with Crippen LogP contribution < -0.4 is 10.6 Å². The highest BCUT2D eigenvalue weighted by Crippen LogP contribution is 2.17. The Kier molecular flexibility index (Phi) is 6.51. The number of para-hydroxylation sites is 2. The molecule has 126 valence electrons. The first-order chi connectivity index (χ1) is 11.6. The summed E-state index contributed by atoms with van der Waals surface area (Å²) in [7, 11) is 0. The minimum absolute atomic E-state index is 0.126. The van der Waals surface area contributed by atoms with Gasteiger partial charge in [-0.2, -0.15) is 0 Å². The van der Waals surface area contributed by atoms with Gasteiger partial charge in [0, 0.05) is 5.69 Å². The summed E-state index contributed by atoms with van der Waals surface area (Å²) in [5, 5.41) is 5.67. The first kappa shape index (κ1) is 17.7. The molecule has 2 rings (SSSR count). The average molecular weight is 325 g/mol. The number of hydrogen-bond acceptors (Lipinski definition) is 3. The normalized spacial score (nSPS) is 10.5. The smallest absolute Gasteiger partial charge is 0.257 e. The van der Waals surface area contributed by atoms with Gasteiger partial charge in [0.05, 0.1) is 17.8 Å². The second kappa shape index (κ2) is 8.84. The van der Waals surface area contributed by atoms with Gasteiger partial charge in [0.15, 0.2) is 0 Å². The van der Waals surface area contributed by atoms with E-state index in [2.05, 4.69) is 10.6 Å². The van der Waals surface area contributed by atoms with Crippen LogP contribution in [0.2, 0.25) is 0 Å². The lowest BCUT2D eigenvalue weighted by Crippen LogP contribution is -2.33. The lowest BCUT2D eigenvalue weighted by atomic mass is 10.1. The molecule has 0 bridgehead atoms. The van der Waals surface area contributed by atoms with Gasteiger partial charge in [-0.25, -0.2) is 0 Å². The molecule has 0 heterocycles. The van der Waals surface area contributed by atoms with Crippen molar-refractivity contribution in [2.24, 2.45) is 0 Å². The van der Waals surface area contributed by atoms with Crippen LogP contribution in [0.15, 0.2) is 54.6 Å². The highest BCUT2D eigenvalue weighted by Gasteiger charge is 2.14. The lowest BCUT2D eigenvalue weighted by molar-refractivity contribution is -0.117. The molecule has 0 aromatic heterocycles. The highest BCUT2D eigenvalue weighted by atomic mass is 16.2. The zero-order valence-corrected chi connectivity index (χ0v) is 14.1. The predicted octanol–water partition coefficient (Wildman–Crippen LogP) is 3.22. The van der Waals surface area contributed by atoms with Crippen LogP contribution in [0.3, 0.4) is 0 Å². The largest absolute Gasteiger partial charge is 0.324 e. The number of benzene rings is 2. The maximum atomic E-state index is 12.5. The molecule has 0 saturated carbocycles. The molecule has 0 atom stereocenters. The Labute approximate surface area is 142 Å². The summed E-state index contributed by atoms with van der Waals surface area (Å²) in [6.45, 7) is 5.94. The van der Waals surface area contributed by atoms with Crippen LogP contribution in [-0.4, -0.2) is 36.3 Å². The van der Waals surface area contributed by atoms with E-state index in [0.29, 0.717) is 23.5 Å². The van der Waals surface area contributed by atoms with Gasteiger partial charge in [-0.15, -0.1) is 0 Å². The minimum Gasteiger partial charge on any atom is -0.324 e. The third kappa shape index (κ3) is 4.93. The standard InChI is InChI=1S/C19H23N3O2/c1-3-22(4-2)14-18(23)21-17-13-9-8-12-16(17)19(24)20-15-10-6-5-7-11-15/h5-13H,3-4,14H2,1-2H3,(H,20,24)(H,21,23). The fourth-order valence-electron chi connectivity index (χ4n) is 2.35. The van der Waals surface area contributed by atoms with E-state index >= 15 is 0 Å². The second-order valence-electron chi connectivity index (χ2n) is 5.38. The maximum absolute atomic E-state index is 12.5. The minimum atomic E-state index is -0.250. The van der Waals surface area contributed by atoms with Gasteiger partial charge in [0.2, 0.25) is 5.91 Å². The number of carbonyl (C=O) groups is 2. The van der Waals surface area contributed by atoms with E-state index in [4.69, 9.17) is 0 Å². The average Bonchev–Trinajstić information content (AvgIpc) is 2.61. The monoisotopic (exact) mass is 325 g/mol. The van der Waals surface area contributed by atoms with Gasteiger partial charge in [-0.1, -0.05) is 44.2 Å². The summed E-state index contributed by atoms with van der Waals surface area (Å²) < 4.78 is 0. The maximum Gasteiger partial charge on any atom is 0.257 e. The summed E-state index contributed by atoms with van der Waals surface area (Å²) >= 11 is 0. The zero-order chi connectivity index (χ0) is 17.4. The number of likely N-dealkylation sites (N-methyl/N-ethyl adjacent to an activating group) is 1. The highest BCUT2D eigenvalue weighted by molar-refractivity contribution is 6.10. The molecule has 0 aliphatic heterocycles. The first-order valence-corrected chi connectivity index (χ1v) is 8.11. The Balaban J connectivity index is 2.09. The Morgan fingerprint density at radius 3 is 2.17 bits per heavy atom. The van der Waals surface area contributed by atoms with Crippen molar-refractivity contribution in [2.75, 3.05) is 30.3 Å². The van der Waals surface area contributed by atoms with Gasteiger partial charge in [0.25, 0.3) is 5.91 Å². The van der Waals surface area contributed by atoms with Crippen molar-refractivity contribution in [3.8, 4) is 0 Å². The summed E-state index contributed by atoms with van der Waals surface area (Å²) in [4.78, 5) is 26.7. The van der Waals surface area contributed by atoms with Crippen molar-refractivity contribution < 1.29 is 9.59 Å². The van der Waals surface area contributed by atoms with Gasteiger partial charge in [0.1, 0.15) is 0 Å². The number of hydrogen-bond donors (Lipinski definition) is 2. The molecule has 0 fully saturated rings. The van der Waals surface area contributed by atoms with Crippen LogP contribution in [0.5, 0.6) is 0 Å². The summed E-state index contributed by atoms with van der Waals surface area (Å²) in [6.07, 6.45) is 0. The van der Waals surface area contributed by atoms with Crippen molar-refractivity contribution in [1.82, 2.24) is 4.90 Å². The van der Waals surface area contributed by atoms with Gasteiger partial charge in [-0.05, 0) is 37.4 Å². The van der Waals surface area contributed by atoms with E-state index < -0.39 is 0 Å². The van der Waals surface area contributed by atoms with Crippen molar-refractivity contribution in [3.63, 3.8) is 0 Å². The third-order valence-corrected chi connectivity index (χ3v) is 3.74. The van der Waals surface area contributed by atoms with E-state index in [0.717, 1.165) is 13.1 Å². The quantitative estimate of drug-likeness (QED) is 0.821. The molecule has 24 heavy (non-hydrogen) atoms. The van der Waals surface area contributed by atoms with Crippen LogP contribution in [0.25, 0.3) is 0 Å². The van der Waals surface area contributed by atoms with Crippen molar-refractivity contribution in [1.29, 1.82) is 0 Å². The molecule has 0 unspecified atom stereocenters. The molecule has 5 heteroatoms. The molecule has 2 amide bonds. The van der Waals surface area contributed by atoms with Crippen molar-refractivity contribution >= 4 is 23.2 Å². The fourth-order valence-corrected chi connectivity index (χ4v) is 2.35. The number of rotatable bonds is 7. The van der Waals surface area contributed by atoms with Crippen molar-refractivity contribution in [2.45, 2.75) is 13.8 Å². The summed E-state index contributed by atoms with van der Waals surface area (Å²) in [5.74, 6) is -0.376. The molecule has 0 radical (unpaired) electrons. The molecule has 2 N–H and O–H groups in total. The Morgan fingerprint density at radius 1 is 0.875 bits per heavy atom. The molecule has 0 aliphatic rings. The number of amides is 2. The van der Waals surface area contributed by atoms with Gasteiger partial charge < -0.3 is 10.6 Å². The lowest BCUT2D eigenvalue weighted by Gasteiger charge is -2.18. The van der Waals surface area contributed by atoms with E-state index in [-0.39, 0.29) is 11.8 Å². The topological polar surface area (TPSA) is 61.4 Å². The first-order valence-electron chi connectivity index (χ1n) is 8.11. The summed E-state index contributed by atoms with van der Waals surface area (Å²) in [5.41, 5.74) is 1.67. The van der Waals surface area contributed by atoms with E-state index in [1.165, 1.54) is 0 Å². The molecular weight excluding hydrogens is 302 g/mol. The number of anilines is 2. The molecular formula is C19H23N3O2. The number of nitrogens with zero attached hydrogens (tertiary/aromatic N) is 1. The molecule has 0 spiro atoms. The Bertz CT molecular complexity index is 682. The molecule has 0 aliphatic carbocycles. The molecule has 0 saturated heterocycles. The zero-order valence-electron chi connectivity index (χ0n) is 14.1. The van der Waals surface area contributed by atoms with Gasteiger partial charge >= 0.3 is 0 Å². The van der Waals surface area contributed by atoms with E-state index in [1.807, 2.05) is 49.1 Å². The van der Waals surface area contributed by atoms with Crippen LogP contribution in [0.4, 0.5) is 11.4 Å². The molecule has 2 aromatic carbocycles. The summed E-state index contributed by atoms with van der Waals surface area (Å²) in [6, 6.07) is 16.2. The van der Waals surface area contributed by atoms with Crippen LogP contribution in [0.1, 0.15) is 24.2 Å². The molecule has 2 aromatic rings. The van der Waals surface area contributed by atoms with Crippen LogP contribution >= 0.6 is 0 Å². The number of carbonyl (C=O) groups excluding carboxylic acids is 2. The van der Waals surface area contributed by atoms with Crippen LogP contribution in [0, 0.1) is 0 Å². The second-order valence-corrected chi connectivity index (χ2v) is 5.38. The SMILES string of the molecule is CCN(CC)CC(=O)Nc1ccccc1C(=O)Nc1ccccc1. The van der Waals surface area contributed by atoms with E-state index in [1.54, 1.807) is 24.3 Å². The number of nitrogens with one attached hydrogen (secondary N) is 2. The molecule has 5 nitrogen and oxygen atoms in total. The van der Waals surface area contributed by atoms with Gasteiger partial charge in [-0.3, -0.25) is 14.5 Å². The van der Waals surface area contributed by atoms with Crippen LogP contribution in [-0.2, 0) is 4.79 Å². The van der Waals surface area contributed by atoms with E-state index in [9.17, 15) is 9.59 Å².